The van der Waals surface area contributed by atoms with Gasteiger partial charge in [0.15, 0.2) is 5.82 Å². The third kappa shape index (κ3) is 4.84. The minimum atomic E-state index is -0.665. The van der Waals surface area contributed by atoms with Gasteiger partial charge in [0, 0.05) is 49.4 Å². The summed E-state index contributed by atoms with van der Waals surface area (Å²) in [7, 11) is 2.11. The fourth-order valence-electron chi connectivity index (χ4n) is 4.98. The number of piperazine rings is 1. The molecule has 0 radical (unpaired) electrons. The number of halogens is 2. The van der Waals surface area contributed by atoms with Gasteiger partial charge >= 0.3 is 0 Å². The molecule has 0 bridgehead atoms. The summed E-state index contributed by atoms with van der Waals surface area (Å²) in [6.07, 6.45) is 2.57. The fourth-order valence-corrected chi connectivity index (χ4v) is 4.98. The van der Waals surface area contributed by atoms with Crippen LogP contribution in [0.2, 0.25) is 0 Å². The van der Waals surface area contributed by atoms with Crippen molar-refractivity contribution < 1.29 is 13.6 Å². The number of hydrogen-bond acceptors (Lipinski definition) is 6. The number of rotatable bonds is 6. The largest absolute Gasteiger partial charge is 0.369 e. The van der Waals surface area contributed by atoms with Gasteiger partial charge < -0.3 is 15.1 Å². The number of nitrogens with zero attached hydrogens (tertiary/aromatic N) is 5. The van der Waals surface area contributed by atoms with E-state index in [1.54, 1.807) is 18.2 Å². The number of carbonyl (C=O) groups is 1. The number of benzene rings is 2. The summed E-state index contributed by atoms with van der Waals surface area (Å²) in [6.45, 7) is 6.30. The van der Waals surface area contributed by atoms with Crippen LogP contribution < -0.4 is 10.2 Å². The minimum Gasteiger partial charge on any atom is -0.369 e. The number of hydrogen-bond donors (Lipinski definition) is 2. The molecule has 2 aliphatic rings. The van der Waals surface area contributed by atoms with Crippen molar-refractivity contribution in [3.63, 3.8) is 0 Å². The number of fused-ring (bicyclic) bond motifs is 1. The Morgan fingerprint density at radius 3 is 2.37 bits per heavy atom. The predicted octanol–water partition coefficient (Wildman–Crippen LogP) is 4.11. The van der Waals surface area contributed by atoms with Crippen LogP contribution >= 0.6 is 0 Å². The van der Waals surface area contributed by atoms with Gasteiger partial charge in [0.2, 0.25) is 0 Å². The molecule has 0 atom stereocenters. The molecule has 0 spiro atoms. The first kappa shape index (κ1) is 24.4. The van der Waals surface area contributed by atoms with Crippen LogP contribution in [0, 0.1) is 11.6 Å². The van der Waals surface area contributed by atoms with Crippen LogP contribution in [0.1, 0.15) is 22.3 Å². The van der Waals surface area contributed by atoms with E-state index < -0.39 is 11.6 Å². The summed E-state index contributed by atoms with van der Waals surface area (Å²) < 4.78 is 30.0. The molecule has 2 saturated heterocycles. The van der Waals surface area contributed by atoms with Gasteiger partial charge in [0.05, 0.1) is 23.0 Å². The second-order valence-electron chi connectivity index (χ2n) is 10.0. The topological polar surface area (TPSA) is 80.4 Å². The van der Waals surface area contributed by atoms with Crippen LogP contribution in [-0.4, -0.2) is 77.2 Å². The summed E-state index contributed by atoms with van der Waals surface area (Å²) >= 11 is 0. The first-order valence-electron chi connectivity index (χ1n) is 12.8. The lowest BCUT2D eigenvalue weighted by molar-refractivity contribution is 0.102. The van der Waals surface area contributed by atoms with E-state index in [0.29, 0.717) is 28.6 Å². The second-order valence-corrected chi connectivity index (χ2v) is 10.0. The number of carbonyl (C=O) groups excluding carboxylic acids is 1. The lowest BCUT2D eigenvalue weighted by atomic mass is 10.0. The van der Waals surface area contributed by atoms with E-state index in [9.17, 15) is 4.79 Å². The number of aromatic amines is 1. The van der Waals surface area contributed by atoms with Crippen LogP contribution in [0.5, 0.6) is 0 Å². The van der Waals surface area contributed by atoms with Gasteiger partial charge in [-0.2, -0.15) is 5.10 Å². The van der Waals surface area contributed by atoms with Crippen molar-refractivity contribution >= 4 is 28.3 Å². The standard InChI is InChI=1S/C28H29F2N7O/c1-35-9-11-37(12-10-35)20-5-3-19(4-6-20)28(38)32-27-21-15-24(31-16-25(21)33-34-27)26-22(29)13-18(14-23(26)30)17-36-7-2-8-36/h3-6,13-16H,2,7-12,17H2,1H3,(H2,32,33,34,38). The second kappa shape index (κ2) is 10.1. The van der Waals surface area contributed by atoms with Crippen molar-refractivity contribution in [2.45, 2.75) is 13.0 Å². The van der Waals surface area contributed by atoms with Gasteiger partial charge in [-0.05, 0) is 74.6 Å². The average molecular weight is 518 g/mol. The maximum atomic E-state index is 15.0. The quantitative estimate of drug-likeness (QED) is 0.401. The smallest absolute Gasteiger partial charge is 0.256 e. The van der Waals surface area contributed by atoms with Gasteiger partial charge in [-0.3, -0.25) is 19.8 Å². The lowest BCUT2D eigenvalue weighted by Crippen LogP contribution is -2.44. The Hall–Kier alpha value is -3.89. The zero-order valence-electron chi connectivity index (χ0n) is 21.2. The molecule has 2 N–H and O–H groups in total. The van der Waals surface area contributed by atoms with Crippen molar-refractivity contribution in [2.24, 2.45) is 0 Å². The van der Waals surface area contributed by atoms with Crippen LogP contribution in [0.15, 0.2) is 48.7 Å². The van der Waals surface area contributed by atoms with Crippen molar-refractivity contribution in [3.05, 3.63) is 71.4 Å². The van der Waals surface area contributed by atoms with Gasteiger partial charge in [0.1, 0.15) is 11.6 Å². The first-order valence-corrected chi connectivity index (χ1v) is 12.8. The van der Waals surface area contributed by atoms with E-state index in [2.05, 4.69) is 42.2 Å². The van der Waals surface area contributed by atoms with Crippen LogP contribution in [-0.2, 0) is 6.54 Å². The number of pyridine rings is 1. The van der Waals surface area contributed by atoms with Gasteiger partial charge in [0.25, 0.3) is 5.91 Å². The molecule has 38 heavy (non-hydrogen) atoms. The first-order chi connectivity index (χ1) is 18.4. The van der Waals surface area contributed by atoms with E-state index in [4.69, 9.17) is 0 Å². The van der Waals surface area contributed by atoms with Crippen molar-refractivity contribution in [3.8, 4) is 11.3 Å². The molecule has 196 valence electrons. The normalized spacial score (nSPS) is 16.6. The fraction of sp³-hybridized carbons (Fsp3) is 0.321. The number of likely N-dealkylation sites (N-methyl/N-ethyl adjacent to an activating group) is 1. The molecule has 2 aromatic carbocycles. The molecular formula is C28H29F2N7O. The Morgan fingerprint density at radius 1 is 1.00 bits per heavy atom. The SMILES string of the molecule is CN1CCN(c2ccc(C(=O)Nc3n[nH]c4cnc(-c5c(F)cc(CN6CCC6)cc5F)cc34)cc2)CC1. The van der Waals surface area contributed by atoms with E-state index in [1.807, 2.05) is 12.1 Å². The van der Waals surface area contributed by atoms with E-state index in [0.717, 1.165) is 51.4 Å². The van der Waals surface area contributed by atoms with E-state index in [1.165, 1.54) is 18.3 Å². The van der Waals surface area contributed by atoms with Crippen molar-refractivity contribution in [2.75, 3.05) is 56.5 Å². The van der Waals surface area contributed by atoms with Gasteiger partial charge in [-0.25, -0.2) is 8.78 Å². The number of amides is 1. The molecule has 0 saturated carbocycles. The van der Waals surface area contributed by atoms with E-state index >= 15 is 8.78 Å². The molecule has 4 heterocycles. The molecule has 2 aliphatic heterocycles. The monoisotopic (exact) mass is 517 g/mol. The van der Waals surface area contributed by atoms with Gasteiger partial charge in [-0.15, -0.1) is 0 Å². The molecule has 2 fully saturated rings. The maximum absolute atomic E-state index is 15.0. The van der Waals surface area contributed by atoms with Crippen LogP contribution in [0.25, 0.3) is 22.2 Å². The highest BCUT2D eigenvalue weighted by Gasteiger charge is 2.20. The van der Waals surface area contributed by atoms with Crippen LogP contribution in [0.4, 0.5) is 20.3 Å². The van der Waals surface area contributed by atoms with Crippen LogP contribution in [0.3, 0.4) is 0 Å². The Morgan fingerprint density at radius 2 is 1.71 bits per heavy atom. The molecule has 4 aromatic rings. The zero-order valence-corrected chi connectivity index (χ0v) is 21.2. The Bertz CT molecular complexity index is 1450. The van der Waals surface area contributed by atoms with Crippen molar-refractivity contribution in [1.29, 1.82) is 0 Å². The summed E-state index contributed by atoms with van der Waals surface area (Å²) in [5, 5.41) is 10.3. The molecule has 8 nitrogen and oxygen atoms in total. The Kier molecular flexibility index (Phi) is 6.50. The Balaban J connectivity index is 1.21. The third-order valence-corrected chi connectivity index (χ3v) is 7.39. The zero-order chi connectivity index (χ0) is 26.2. The van der Waals surface area contributed by atoms with Crippen molar-refractivity contribution in [1.82, 2.24) is 25.0 Å². The third-order valence-electron chi connectivity index (χ3n) is 7.39. The van der Waals surface area contributed by atoms with E-state index in [-0.39, 0.29) is 23.0 Å². The number of aromatic nitrogens is 3. The van der Waals surface area contributed by atoms with Gasteiger partial charge in [-0.1, -0.05) is 0 Å². The summed E-state index contributed by atoms with van der Waals surface area (Å²) in [4.78, 5) is 24.0. The number of likely N-dealkylation sites (tertiary alicyclic amines) is 1. The minimum absolute atomic E-state index is 0.136. The molecule has 6 rings (SSSR count). The average Bonchev–Trinajstić information content (AvgIpc) is 3.28. The molecule has 2 aromatic heterocycles. The molecule has 1 amide bonds. The number of nitrogens with one attached hydrogen (secondary N) is 2. The molecule has 10 heteroatoms. The highest BCUT2D eigenvalue weighted by Crippen LogP contribution is 2.31. The summed E-state index contributed by atoms with van der Waals surface area (Å²) in [6, 6.07) is 11.7. The molecule has 0 aliphatic carbocycles. The molecular weight excluding hydrogens is 488 g/mol. The number of H-pyrrole nitrogens is 1. The highest BCUT2D eigenvalue weighted by atomic mass is 19.1. The Labute approximate surface area is 219 Å². The predicted molar refractivity (Wildman–Crippen MR) is 143 cm³/mol. The maximum Gasteiger partial charge on any atom is 0.256 e. The summed E-state index contributed by atoms with van der Waals surface area (Å²) in [5.74, 6) is -1.38. The summed E-state index contributed by atoms with van der Waals surface area (Å²) in [5.41, 5.74) is 2.65. The highest BCUT2D eigenvalue weighted by molar-refractivity contribution is 6.08. The molecule has 0 unspecified atom stereocenters. The number of anilines is 2. The lowest BCUT2D eigenvalue weighted by Gasteiger charge is -2.34.